The van der Waals surface area contributed by atoms with Gasteiger partial charge in [-0.25, -0.2) is 9.97 Å². The Hall–Kier alpha value is -1.69. The number of aromatic nitrogens is 2. The van der Waals surface area contributed by atoms with Gasteiger partial charge in [-0.2, -0.15) is 0 Å². The zero-order chi connectivity index (χ0) is 14.3. The lowest BCUT2D eigenvalue weighted by Gasteiger charge is -2.18. The molecule has 1 aromatic heterocycles. The summed E-state index contributed by atoms with van der Waals surface area (Å²) in [6, 6.07) is 1.65. The van der Waals surface area contributed by atoms with E-state index in [4.69, 9.17) is 0 Å². The highest BCUT2D eigenvalue weighted by Gasteiger charge is 2.14. The van der Waals surface area contributed by atoms with E-state index in [0.717, 1.165) is 13.1 Å². The molecule has 0 saturated heterocycles. The number of rotatable bonds is 7. The van der Waals surface area contributed by atoms with E-state index in [1.165, 1.54) is 0 Å². The summed E-state index contributed by atoms with van der Waals surface area (Å²) in [6.07, 6.45) is 1.61. The minimum absolute atomic E-state index is 0.0527. The second-order valence-electron chi connectivity index (χ2n) is 4.47. The summed E-state index contributed by atoms with van der Waals surface area (Å²) in [4.78, 5) is 24.3. The highest BCUT2D eigenvalue weighted by molar-refractivity contribution is 5.92. The summed E-state index contributed by atoms with van der Waals surface area (Å²) in [5.74, 6) is 0.447. The van der Waals surface area contributed by atoms with Gasteiger partial charge in [-0.1, -0.05) is 0 Å². The molecule has 1 amide bonds. The number of carbonyl (C=O) groups is 1. The van der Waals surface area contributed by atoms with Crippen LogP contribution in [-0.2, 0) is 0 Å². The second kappa shape index (κ2) is 7.68. The summed E-state index contributed by atoms with van der Waals surface area (Å²) in [5.41, 5.74) is 0.436. The number of hydrogen-bond acceptors (Lipinski definition) is 5. The van der Waals surface area contributed by atoms with Crippen LogP contribution in [0.4, 0.5) is 5.95 Å². The molecular weight excluding hydrogens is 242 g/mol. The van der Waals surface area contributed by atoms with Gasteiger partial charge in [0.2, 0.25) is 5.95 Å². The highest BCUT2D eigenvalue weighted by Crippen LogP contribution is 2.04. The summed E-state index contributed by atoms with van der Waals surface area (Å²) in [7, 11) is 4.01. The topological polar surface area (TPSA) is 61.4 Å². The predicted octanol–water partition coefficient (Wildman–Crippen LogP) is 0.932. The Labute approximate surface area is 114 Å². The van der Waals surface area contributed by atoms with E-state index in [2.05, 4.69) is 20.2 Å². The van der Waals surface area contributed by atoms with Crippen molar-refractivity contribution in [3.63, 3.8) is 0 Å². The molecule has 6 nitrogen and oxygen atoms in total. The van der Waals surface area contributed by atoms with E-state index >= 15 is 0 Å². The van der Waals surface area contributed by atoms with Crippen molar-refractivity contribution >= 4 is 11.9 Å². The Morgan fingerprint density at radius 1 is 1.32 bits per heavy atom. The third-order valence-corrected chi connectivity index (χ3v) is 2.77. The van der Waals surface area contributed by atoms with Crippen LogP contribution in [0.2, 0.25) is 0 Å². The second-order valence-corrected chi connectivity index (χ2v) is 4.47. The molecule has 0 saturated carbocycles. The molecule has 0 fully saturated rings. The smallest absolute Gasteiger partial charge is 0.272 e. The van der Waals surface area contributed by atoms with Crippen LogP contribution in [0, 0.1) is 0 Å². The molecule has 1 rings (SSSR count). The molecule has 0 bridgehead atoms. The van der Waals surface area contributed by atoms with Crippen molar-refractivity contribution in [2.24, 2.45) is 0 Å². The van der Waals surface area contributed by atoms with Crippen LogP contribution in [0.3, 0.4) is 0 Å². The van der Waals surface area contributed by atoms with Crippen molar-refractivity contribution < 1.29 is 4.79 Å². The first-order valence-electron chi connectivity index (χ1n) is 6.59. The van der Waals surface area contributed by atoms with E-state index in [1.54, 1.807) is 17.2 Å². The fourth-order valence-electron chi connectivity index (χ4n) is 1.63. The highest BCUT2D eigenvalue weighted by atomic mass is 16.2. The van der Waals surface area contributed by atoms with Crippen LogP contribution in [0.5, 0.6) is 0 Å². The normalized spacial score (nSPS) is 10.6. The number of nitrogens with zero attached hydrogens (tertiary/aromatic N) is 4. The lowest BCUT2D eigenvalue weighted by Crippen LogP contribution is -2.31. The molecule has 0 radical (unpaired) electrons. The predicted molar refractivity (Wildman–Crippen MR) is 76.3 cm³/mol. The lowest BCUT2D eigenvalue weighted by atomic mass is 10.3. The molecule has 1 N–H and O–H groups in total. The minimum Gasteiger partial charge on any atom is -0.353 e. The van der Waals surface area contributed by atoms with Gasteiger partial charge in [-0.05, 0) is 34.0 Å². The van der Waals surface area contributed by atoms with Gasteiger partial charge in [0.1, 0.15) is 5.69 Å². The molecule has 106 valence electrons. The van der Waals surface area contributed by atoms with E-state index in [-0.39, 0.29) is 5.91 Å². The molecule has 0 unspecified atom stereocenters. The fraction of sp³-hybridized carbons (Fsp3) is 0.615. The van der Waals surface area contributed by atoms with Crippen molar-refractivity contribution in [3.8, 4) is 0 Å². The van der Waals surface area contributed by atoms with Gasteiger partial charge in [0.05, 0.1) is 0 Å². The molecule has 19 heavy (non-hydrogen) atoms. The zero-order valence-corrected chi connectivity index (χ0v) is 12.2. The first-order chi connectivity index (χ1) is 9.08. The van der Waals surface area contributed by atoms with E-state index in [9.17, 15) is 4.79 Å². The summed E-state index contributed by atoms with van der Waals surface area (Å²) in [6.45, 7) is 6.91. The van der Waals surface area contributed by atoms with Gasteiger partial charge in [0, 0.05) is 32.4 Å². The SMILES string of the molecule is CCN(CC)C(=O)c1ccnc(NCCN(C)C)n1. The standard InChI is InChI=1S/C13H23N5O/c1-5-18(6-2)12(19)11-7-8-14-13(16-11)15-9-10-17(3)4/h7-8H,5-6,9-10H2,1-4H3,(H,14,15,16). The molecule has 0 atom stereocenters. The molecule has 0 spiro atoms. The van der Waals surface area contributed by atoms with Gasteiger partial charge in [-0.15, -0.1) is 0 Å². The van der Waals surface area contributed by atoms with Crippen LogP contribution in [0.15, 0.2) is 12.3 Å². The van der Waals surface area contributed by atoms with E-state index < -0.39 is 0 Å². The van der Waals surface area contributed by atoms with Crippen LogP contribution in [-0.4, -0.2) is 65.9 Å². The Kier molecular flexibility index (Phi) is 6.21. The Morgan fingerprint density at radius 3 is 2.58 bits per heavy atom. The maximum absolute atomic E-state index is 12.1. The maximum Gasteiger partial charge on any atom is 0.272 e. The fourth-order valence-corrected chi connectivity index (χ4v) is 1.63. The van der Waals surface area contributed by atoms with E-state index in [1.807, 2.05) is 27.9 Å². The number of anilines is 1. The van der Waals surface area contributed by atoms with Gasteiger partial charge < -0.3 is 15.1 Å². The third-order valence-electron chi connectivity index (χ3n) is 2.77. The van der Waals surface area contributed by atoms with Gasteiger partial charge in [0.15, 0.2) is 0 Å². The van der Waals surface area contributed by atoms with Gasteiger partial charge >= 0.3 is 0 Å². The monoisotopic (exact) mass is 265 g/mol. The van der Waals surface area contributed by atoms with Crippen LogP contribution < -0.4 is 5.32 Å². The average Bonchev–Trinajstić information content (AvgIpc) is 2.40. The number of amides is 1. The van der Waals surface area contributed by atoms with Crippen molar-refractivity contribution in [3.05, 3.63) is 18.0 Å². The number of nitrogens with one attached hydrogen (secondary N) is 1. The molecule has 0 aliphatic rings. The number of hydrogen-bond donors (Lipinski definition) is 1. The largest absolute Gasteiger partial charge is 0.353 e. The molecule has 1 aromatic rings. The van der Waals surface area contributed by atoms with Gasteiger partial charge in [0.25, 0.3) is 5.91 Å². The Balaban J connectivity index is 2.68. The summed E-state index contributed by atoms with van der Waals surface area (Å²) >= 11 is 0. The molecule has 6 heteroatoms. The molecule has 0 aliphatic heterocycles. The molecular formula is C13H23N5O. The number of likely N-dealkylation sites (N-methyl/N-ethyl adjacent to an activating group) is 1. The first-order valence-corrected chi connectivity index (χ1v) is 6.59. The molecule has 0 aliphatic carbocycles. The first kappa shape index (κ1) is 15.4. The van der Waals surface area contributed by atoms with Crippen LogP contribution >= 0.6 is 0 Å². The number of carbonyl (C=O) groups excluding carboxylic acids is 1. The average molecular weight is 265 g/mol. The van der Waals surface area contributed by atoms with Crippen LogP contribution in [0.25, 0.3) is 0 Å². The van der Waals surface area contributed by atoms with E-state index in [0.29, 0.717) is 24.7 Å². The molecule has 0 aromatic carbocycles. The summed E-state index contributed by atoms with van der Waals surface area (Å²) in [5, 5.41) is 3.11. The zero-order valence-electron chi connectivity index (χ0n) is 12.2. The lowest BCUT2D eigenvalue weighted by molar-refractivity contribution is 0.0767. The van der Waals surface area contributed by atoms with Crippen molar-refractivity contribution in [2.45, 2.75) is 13.8 Å². The quantitative estimate of drug-likeness (QED) is 0.795. The Morgan fingerprint density at radius 2 is 2.00 bits per heavy atom. The summed E-state index contributed by atoms with van der Waals surface area (Å²) < 4.78 is 0. The van der Waals surface area contributed by atoms with Crippen LogP contribution in [0.1, 0.15) is 24.3 Å². The van der Waals surface area contributed by atoms with Crippen molar-refractivity contribution in [2.75, 3.05) is 45.6 Å². The van der Waals surface area contributed by atoms with Crippen molar-refractivity contribution in [1.29, 1.82) is 0 Å². The third kappa shape index (κ3) is 4.82. The maximum atomic E-state index is 12.1. The Bertz CT molecular complexity index is 404. The van der Waals surface area contributed by atoms with Gasteiger partial charge in [-0.3, -0.25) is 4.79 Å². The van der Waals surface area contributed by atoms with Crippen molar-refractivity contribution in [1.82, 2.24) is 19.8 Å². The molecule has 1 heterocycles. The minimum atomic E-state index is -0.0527.